The van der Waals surface area contributed by atoms with E-state index in [4.69, 9.17) is 16.3 Å². The van der Waals surface area contributed by atoms with Crippen LogP contribution < -0.4 is 10.1 Å². The number of ether oxygens (including phenoxy) is 1. The van der Waals surface area contributed by atoms with Gasteiger partial charge in [0.1, 0.15) is 5.75 Å². The van der Waals surface area contributed by atoms with Crippen LogP contribution in [0.1, 0.15) is 0 Å². The van der Waals surface area contributed by atoms with E-state index in [1.165, 1.54) is 0 Å². The summed E-state index contributed by atoms with van der Waals surface area (Å²) in [6.45, 7) is 0.704. The predicted octanol–water partition coefficient (Wildman–Crippen LogP) is 2.65. The van der Waals surface area contributed by atoms with Gasteiger partial charge in [-0.15, -0.1) is 24.0 Å². The molecule has 4 nitrogen and oxygen atoms in total. The number of alkyl halides is 1. The van der Waals surface area contributed by atoms with Crippen molar-refractivity contribution in [3.8, 4) is 5.75 Å². The van der Waals surface area contributed by atoms with Crippen LogP contribution >= 0.6 is 24.0 Å². The van der Waals surface area contributed by atoms with Crippen molar-refractivity contribution in [1.29, 1.82) is 0 Å². The molecule has 0 unspecified atom stereocenters. The second kappa shape index (κ2) is 5.98. The zero-order valence-corrected chi connectivity index (χ0v) is 11.3. The van der Waals surface area contributed by atoms with Gasteiger partial charge >= 0.3 is 0 Å². The van der Waals surface area contributed by atoms with Crippen LogP contribution in [-0.2, 0) is 7.05 Å². The molecule has 17 heavy (non-hydrogen) atoms. The van der Waals surface area contributed by atoms with Gasteiger partial charge in [0.2, 0.25) is 5.95 Å². The van der Waals surface area contributed by atoms with Gasteiger partial charge in [-0.1, -0.05) is 0 Å². The Balaban J connectivity index is 0.00000144. The van der Waals surface area contributed by atoms with Gasteiger partial charge in [0.15, 0.2) is 0 Å². The van der Waals surface area contributed by atoms with Gasteiger partial charge < -0.3 is 14.6 Å². The van der Waals surface area contributed by atoms with Gasteiger partial charge in [0.05, 0.1) is 18.1 Å². The van der Waals surface area contributed by atoms with Gasteiger partial charge in [-0.25, -0.2) is 4.98 Å². The molecule has 0 atom stereocenters. The summed E-state index contributed by atoms with van der Waals surface area (Å²) in [7, 11) is 3.62. The quantitative estimate of drug-likeness (QED) is 0.872. The highest BCUT2D eigenvalue weighted by molar-refractivity contribution is 6.18. The van der Waals surface area contributed by atoms with Crippen molar-refractivity contribution < 1.29 is 4.74 Å². The predicted molar refractivity (Wildman–Crippen MR) is 73.7 cm³/mol. The maximum atomic E-state index is 5.63. The monoisotopic (exact) mass is 275 g/mol. The number of nitrogens with zero attached hydrogens (tertiary/aromatic N) is 2. The molecule has 2 rings (SSSR count). The molecule has 1 N–H and O–H groups in total. The fourth-order valence-electron chi connectivity index (χ4n) is 1.62. The van der Waals surface area contributed by atoms with Crippen molar-refractivity contribution in [2.75, 3.05) is 24.9 Å². The SMILES string of the molecule is COc1ccc2c(c1)nc(NCCCl)n2C.Cl. The number of nitrogens with one attached hydrogen (secondary N) is 1. The highest BCUT2D eigenvalue weighted by Crippen LogP contribution is 2.22. The minimum Gasteiger partial charge on any atom is -0.497 e. The first-order chi connectivity index (χ1) is 7.76. The van der Waals surface area contributed by atoms with Crippen molar-refractivity contribution in [2.24, 2.45) is 7.05 Å². The second-order valence-electron chi connectivity index (χ2n) is 3.46. The van der Waals surface area contributed by atoms with E-state index in [2.05, 4.69) is 10.3 Å². The Labute approximate surface area is 111 Å². The first-order valence-corrected chi connectivity index (χ1v) is 5.60. The number of halogens is 2. The molecule has 94 valence electrons. The largest absolute Gasteiger partial charge is 0.497 e. The number of benzene rings is 1. The molecule has 0 aliphatic heterocycles. The van der Waals surface area contributed by atoms with Crippen molar-refractivity contribution in [2.45, 2.75) is 0 Å². The standard InChI is InChI=1S/C11H14ClN3O.ClH/c1-15-10-4-3-8(16-2)7-9(10)14-11(15)13-6-5-12;/h3-4,7H,5-6H2,1-2H3,(H,13,14);1H. The molecule has 6 heteroatoms. The van der Waals surface area contributed by atoms with E-state index in [1.54, 1.807) is 7.11 Å². The maximum absolute atomic E-state index is 5.63. The Bertz CT molecular complexity index is 499. The molecule has 0 spiro atoms. The number of hydrogen-bond acceptors (Lipinski definition) is 3. The number of fused-ring (bicyclic) bond motifs is 1. The number of hydrogen-bond donors (Lipinski definition) is 1. The fourth-order valence-corrected chi connectivity index (χ4v) is 1.72. The molecule has 0 aliphatic carbocycles. The van der Waals surface area contributed by atoms with E-state index in [9.17, 15) is 0 Å². The number of imidazole rings is 1. The van der Waals surface area contributed by atoms with Gasteiger partial charge in [-0.3, -0.25) is 0 Å². The Morgan fingerprint density at radius 1 is 1.47 bits per heavy atom. The molecule has 0 saturated carbocycles. The summed E-state index contributed by atoms with van der Waals surface area (Å²) in [5, 5.41) is 3.17. The van der Waals surface area contributed by atoms with Gasteiger partial charge in [0.25, 0.3) is 0 Å². The Hall–Kier alpha value is -1.13. The van der Waals surface area contributed by atoms with Gasteiger partial charge in [-0.2, -0.15) is 0 Å². The van der Waals surface area contributed by atoms with Gasteiger partial charge in [-0.05, 0) is 12.1 Å². The van der Waals surface area contributed by atoms with E-state index in [0.717, 1.165) is 22.7 Å². The molecule has 0 radical (unpaired) electrons. The highest BCUT2D eigenvalue weighted by atomic mass is 35.5. The summed E-state index contributed by atoms with van der Waals surface area (Å²) in [5.74, 6) is 2.20. The average molecular weight is 276 g/mol. The van der Waals surface area contributed by atoms with Crippen LogP contribution in [0, 0.1) is 0 Å². The lowest BCUT2D eigenvalue weighted by Gasteiger charge is -2.03. The van der Waals surface area contributed by atoms with Crippen LogP contribution in [0.4, 0.5) is 5.95 Å². The lowest BCUT2D eigenvalue weighted by atomic mass is 10.3. The van der Waals surface area contributed by atoms with E-state index >= 15 is 0 Å². The van der Waals surface area contributed by atoms with E-state index in [0.29, 0.717) is 12.4 Å². The number of methoxy groups -OCH3 is 1. The molecule has 0 bridgehead atoms. The Morgan fingerprint density at radius 3 is 2.88 bits per heavy atom. The van der Waals surface area contributed by atoms with E-state index in [1.807, 2.05) is 29.8 Å². The first kappa shape index (κ1) is 13.9. The molecular formula is C11H15Cl2N3O. The normalized spacial score (nSPS) is 10.1. The third-order valence-electron chi connectivity index (χ3n) is 2.47. The summed E-state index contributed by atoms with van der Waals surface area (Å²) >= 11 is 5.63. The average Bonchev–Trinajstić information content (AvgIpc) is 2.63. The second-order valence-corrected chi connectivity index (χ2v) is 3.84. The first-order valence-electron chi connectivity index (χ1n) is 5.06. The summed E-state index contributed by atoms with van der Waals surface area (Å²) in [5.41, 5.74) is 1.98. The topological polar surface area (TPSA) is 39.1 Å². The molecule has 0 saturated heterocycles. The number of aryl methyl sites for hydroxylation is 1. The third-order valence-corrected chi connectivity index (χ3v) is 2.65. The molecule has 2 aromatic rings. The van der Waals surface area contributed by atoms with Crippen molar-refractivity contribution in [1.82, 2.24) is 9.55 Å². The lowest BCUT2D eigenvalue weighted by Crippen LogP contribution is -2.07. The molecule has 1 aromatic heterocycles. The zero-order valence-electron chi connectivity index (χ0n) is 9.74. The summed E-state index contributed by atoms with van der Waals surface area (Å²) in [4.78, 5) is 4.47. The molecular weight excluding hydrogens is 261 g/mol. The maximum Gasteiger partial charge on any atom is 0.203 e. The van der Waals surface area contributed by atoms with Crippen LogP contribution in [-0.4, -0.2) is 29.1 Å². The van der Waals surface area contributed by atoms with E-state index < -0.39 is 0 Å². The number of aromatic nitrogens is 2. The van der Waals surface area contributed by atoms with Crippen molar-refractivity contribution in [3.63, 3.8) is 0 Å². The minimum absolute atomic E-state index is 0. The van der Waals surface area contributed by atoms with Crippen molar-refractivity contribution in [3.05, 3.63) is 18.2 Å². The number of rotatable bonds is 4. The summed E-state index contributed by atoms with van der Waals surface area (Å²) < 4.78 is 7.16. The molecule has 0 amide bonds. The van der Waals surface area contributed by atoms with Gasteiger partial charge in [0, 0.05) is 25.5 Å². The van der Waals surface area contributed by atoms with Crippen LogP contribution in [0.5, 0.6) is 5.75 Å². The molecule has 1 heterocycles. The summed E-state index contributed by atoms with van der Waals surface area (Å²) in [6.07, 6.45) is 0. The Morgan fingerprint density at radius 2 is 2.24 bits per heavy atom. The molecule has 0 fully saturated rings. The van der Waals surface area contributed by atoms with E-state index in [-0.39, 0.29) is 12.4 Å². The van der Waals surface area contributed by atoms with Crippen molar-refractivity contribution >= 4 is 41.0 Å². The lowest BCUT2D eigenvalue weighted by molar-refractivity contribution is 0.415. The zero-order chi connectivity index (χ0) is 11.5. The molecule has 0 aliphatic rings. The van der Waals surface area contributed by atoms with Crippen LogP contribution in [0.3, 0.4) is 0 Å². The fraction of sp³-hybridized carbons (Fsp3) is 0.364. The smallest absolute Gasteiger partial charge is 0.203 e. The molecule has 1 aromatic carbocycles. The highest BCUT2D eigenvalue weighted by Gasteiger charge is 2.07. The van der Waals surface area contributed by atoms with Crippen LogP contribution in [0.15, 0.2) is 18.2 Å². The van der Waals surface area contributed by atoms with Crippen LogP contribution in [0.25, 0.3) is 11.0 Å². The third kappa shape index (κ3) is 2.76. The summed E-state index contributed by atoms with van der Waals surface area (Å²) in [6, 6.07) is 5.84. The minimum atomic E-state index is 0. The number of anilines is 1. The Kier molecular flexibility index (Phi) is 4.90. The van der Waals surface area contributed by atoms with Crippen LogP contribution in [0.2, 0.25) is 0 Å².